The van der Waals surface area contributed by atoms with E-state index in [4.69, 9.17) is 4.74 Å². The number of hydrogen-bond acceptors (Lipinski definition) is 3. The van der Waals surface area contributed by atoms with Crippen LogP contribution in [0.3, 0.4) is 0 Å². The molecule has 0 aliphatic carbocycles. The van der Waals surface area contributed by atoms with Gasteiger partial charge in [0.1, 0.15) is 5.25 Å². The lowest BCUT2D eigenvalue weighted by molar-refractivity contribution is -0.143. The molecular weight excluding hydrogens is 148 g/mol. The fourth-order valence-electron chi connectivity index (χ4n) is 0.500. The molecule has 0 saturated carbocycles. The molecular formula is C7H14O2S. The minimum atomic E-state index is -0.278. The summed E-state index contributed by atoms with van der Waals surface area (Å²) in [6, 6.07) is 0. The summed E-state index contributed by atoms with van der Waals surface area (Å²) in [4.78, 5) is 10.9. The van der Waals surface area contributed by atoms with Crippen molar-refractivity contribution in [1.29, 1.82) is 0 Å². The van der Waals surface area contributed by atoms with Crippen molar-refractivity contribution < 1.29 is 9.53 Å². The number of hydrogen-bond donors (Lipinski definition) is 1. The van der Waals surface area contributed by atoms with Gasteiger partial charge in [0.15, 0.2) is 0 Å². The molecule has 0 rings (SSSR count). The third kappa shape index (κ3) is 3.11. The standard InChI is InChI=1S/C7H14O2S/c1-4-9-7(8)6(10)5(2)3/h5-6,10H,4H2,1-3H3. The first kappa shape index (κ1) is 9.82. The van der Waals surface area contributed by atoms with Gasteiger partial charge in [-0.05, 0) is 12.8 Å². The maximum absolute atomic E-state index is 10.9. The number of ether oxygens (including phenoxy) is 1. The van der Waals surface area contributed by atoms with E-state index < -0.39 is 0 Å². The molecule has 0 aliphatic rings. The SMILES string of the molecule is CCOC(=O)C(S)C(C)C. The average molecular weight is 162 g/mol. The van der Waals surface area contributed by atoms with Crippen molar-refractivity contribution in [3.05, 3.63) is 0 Å². The van der Waals surface area contributed by atoms with Crippen LogP contribution in [0, 0.1) is 5.92 Å². The van der Waals surface area contributed by atoms with Gasteiger partial charge in [-0.3, -0.25) is 4.79 Å². The average Bonchev–Trinajstić information content (AvgIpc) is 1.87. The van der Waals surface area contributed by atoms with Crippen molar-refractivity contribution in [3.8, 4) is 0 Å². The van der Waals surface area contributed by atoms with Gasteiger partial charge in [0, 0.05) is 0 Å². The van der Waals surface area contributed by atoms with E-state index in [0.717, 1.165) is 0 Å². The lowest BCUT2D eigenvalue weighted by Crippen LogP contribution is -2.22. The highest BCUT2D eigenvalue weighted by molar-refractivity contribution is 7.81. The van der Waals surface area contributed by atoms with Crippen LogP contribution in [0.1, 0.15) is 20.8 Å². The monoisotopic (exact) mass is 162 g/mol. The van der Waals surface area contributed by atoms with Gasteiger partial charge in [0.2, 0.25) is 0 Å². The van der Waals surface area contributed by atoms with E-state index in [1.54, 1.807) is 6.92 Å². The Morgan fingerprint density at radius 2 is 2.10 bits per heavy atom. The summed E-state index contributed by atoms with van der Waals surface area (Å²) in [5, 5.41) is -0.278. The van der Waals surface area contributed by atoms with Crippen LogP contribution in [0.25, 0.3) is 0 Å². The lowest BCUT2D eigenvalue weighted by Gasteiger charge is -2.11. The molecule has 2 nitrogen and oxygen atoms in total. The third-order valence-electron chi connectivity index (χ3n) is 1.16. The smallest absolute Gasteiger partial charge is 0.319 e. The van der Waals surface area contributed by atoms with E-state index in [-0.39, 0.29) is 17.1 Å². The van der Waals surface area contributed by atoms with E-state index in [1.807, 2.05) is 13.8 Å². The first-order chi connectivity index (χ1) is 4.59. The van der Waals surface area contributed by atoms with Gasteiger partial charge in [-0.25, -0.2) is 0 Å². The first-order valence-electron chi connectivity index (χ1n) is 3.44. The van der Waals surface area contributed by atoms with Crippen LogP contribution >= 0.6 is 12.6 Å². The fourth-order valence-corrected chi connectivity index (χ4v) is 0.574. The van der Waals surface area contributed by atoms with Crippen LogP contribution in [0.4, 0.5) is 0 Å². The van der Waals surface area contributed by atoms with Crippen LogP contribution < -0.4 is 0 Å². The molecule has 1 unspecified atom stereocenters. The highest BCUT2D eigenvalue weighted by Crippen LogP contribution is 2.09. The van der Waals surface area contributed by atoms with Crippen molar-refractivity contribution in [2.75, 3.05) is 6.61 Å². The molecule has 0 N–H and O–H groups in total. The van der Waals surface area contributed by atoms with Crippen molar-refractivity contribution in [2.24, 2.45) is 5.92 Å². The number of esters is 1. The molecule has 0 fully saturated rings. The van der Waals surface area contributed by atoms with Gasteiger partial charge in [-0.1, -0.05) is 13.8 Å². The normalized spacial score (nSPS) is 13.3. The Balaban J connectivity index is 3.71. The molecule has 0 aromatic rings. The van der Waals surface area contributed by atoms with E-state index in [1.165, 1.54) is 0 Å². The molecule has 60 valence electrons. The van der Waals surface area contributed by atoms with Crippen LogP contribution in [-0.2, 0) is 9.53 Å². The van der Waals surface area contributed by atoms with Crippen LogP contribution in [-0.4, -0.2) is 17.8 Å². The highest BCUT2D eigenvalue weighted by Gasteiger charge is 2.17. The van der Waals surface area contributed by atoms with Gasteiger partial charge in [0.05, 0.1) is 6.61 Å². The summed E-state index contributed by atoms with van der Waals surface area (Å²) in [6.45, 7) is 6.10. The van der Waals surface area contributed by atoms with Crippen LogP contribution in [0.5, 0.6) is 0 Å². The van der Waals surface area contributed by atoms with Crippen LogP contribution in [0.2, 0.25) is 0 Å². The summed E-state index contributed by atoms with van der Waals surface area (Å²) in [5.74, 6) is 0.0169. The molecule has 0 spiro atoms. The van der Waals surface area contributed by atoms with E-state index >= 15 is 0 Å². The Hall–Kier alpha value is -0.180. The zero-order valence-electron chi connectivity index (χ0n) is 6.63. The molecule has 0 aromatic carbocycles. The van der Waals surface area contributed by atoms with E-state index in [0.29, 0.717) is 6.61 Å². The summed E-state index contributed by atoms with van der Waals surface area (Å²) in [7, 11) is 0. The zero-order chi connectivity index (χ0) is 8.15. The maximum Gasteiger partial charge on any atom is 0.319 e. The summed E-state index contributed by atoms with van der Waals surface area (Å²) < 4.78 is 4.75. The minimum Gasteiger partial charge on any atom is -0.465 e. The molecule has 0 aliphatic heterocycles. The van der Waals surface area contributed by atoms with Gasteiger partial charge in [-0.2, -0.15) is 12.6 Å². The molecule has 10 heavy (non-hydrogen) atoms. The summed E-state index contributed by atoms with van der Waals surface area (Å²) in [6.07, 6.45) is 0. The Morgan fingerprint density at radius 3 is 2.40 bits per heavy atom. The number of carbonyl (C=O) groups excluding carboxylic acids is 1. The van der Waals surface area contributed by atoms with Gasteiger partial charge in [0.25, 0.3) is 0 Å². The van der Waals surface area contributed by atoms with Crippen molar-refractivity contribution in [2.45, 2.75) is 26.0 Å². The molecule has 0 aromatic heterocycles. The van der Waals surface area contributed by atoms with Crippen LogP contribution in [0.15, 0.2) is 0 Å². The predicted octanol–water partition coefficient (Wildman–Crippen LogP) is 1.50. The van der Waals surface area contributed by atoms with Crippen molar-refractivity contribution >= 4 is 18.6 Å². The third-order valence-corrected chi connectivity index (χ3v) is 1.97. The predicted molar refractivity (Wildman–Crippen MR) is 44.2 cm³/mol. The van der Waals surface area contributed by atoms with Gasteiger partial charge < -0.3 is 4.74 Å². The minimum absolute atomic E-state index is 0.221. The number of thiol groups is 1. The Bertz CT molecular complexity index is 112. The topological polar surface area (TPSA) is 26.3 Å². The zero-order valence-corrected chi connectivity index (χ0v) is 7.52. The highest BCUT2D eigenvalue weighted by atomic mass is 32.1. The molecule has 3 heteroatoms. The van der Waals surface area contributed by atoms with E-state index in [9.17, 15) is 4.79 Å². The molecule has 1 atom stereocenters. The number of rotatable bonds is 3. The Labute approximate surface area is 67.4 Å². The number of carbonyl (C=O) groups is 1. The first-order valence-corrected chi connectivity index (χ1v) is 3.96. The van der Waals surface area contributed by atoms with E-state index in [2.05, 4.69) is 12.6 Å². The second kappa shape index (κ2) is 4.61. The van der Waals surface area contributed by atoms with Gasteiger partial charge in [-0.15, -0.1) is 0 Å². The lowest BCUT2D eigenvalue weighted by atomic mass is 10.1. The largest absolute Gasteiger partial charge is 0.465 e. The summed E-state index contributed by atoms with van der Waals surface area (Å²) >= 11 is 4.08. The molecule has 0 amide bonds. The van der Waals surface area contributed by atoms with Crippen molar-refractivity contribution in [1.82, 2.24) is 0 Å². The maximum atomic E-state index is 10.9. The van der Waals surface area contributed by atoms with Crippen molar-refractivity contribution in [3.63, 3.8) is 0 Å². The quantitative estimate of drug-likeness (QED) is 0.503. The summed E-state index contributed by atoms with van der Waals surface area (Å²) in [5.41, 5.74) is 0. The molecule has 0 radical (unpaired) electrons. The second-order valence-electron chi connectivity index (χ2n) is 2.44. The fraction of sp³-hybridized carbons (Fsp3) is 0.857. The van der Waals surface area contributed by atoms with Gasteiger partial charge >= 0.3 is 5.97 Å². The molecule has 0 bridgehead atoms. The molecule has 0 heterocycles. The Morgan fingerprint density at radius 1 is 1.60 bits per heavy atom. The Kier molecular flexibility index (Phi) is 4.52. The second-order valence-corrected chi connectivity index (χ2v) is 3.00. The molecule has 0 saturated heterocycles.